The maximum absolute atomic E-state index is 12.5. The summed E-state index contributed by atoms with van der Waals surface area (Å²) in [5.41, 5.74) is 1.80. The molecule has 0 saturated carbocycles. The highest BCUT2D eigenvalue weighted by atomic mass is 32.1. The van der Waals surface area contributed by atoms with E-state index in [1.54, 1.807) is 12.4 Å². The molecular formula is C22H23N7OS. The van der Waals surface area contributed by atoms with E-state index in [1.165, 1.54) is 11.3 Å². The number of hydrogen-bond acceptors (Lipinski definition) is 7. The molecule has 0 aliphatic carbocycles. The van der Waals surface area contributed by atoms with Crippen LogP contribution >= 0.6 is 11.3 Å². The first-order valence-electron chi connectivity index (χ1n) is 9.96. The topological polar surface area (TPSA) is 108 Å². The van der Waals surface area contributed by atoms with Gasteiger partial charge in [-0.25, -0.2) is 15.0 Å². The Morgan fingerprint density at radius 2 is 1.97 bits per heavy atom. The highest BCUT2D eigenvalue weighted by Crippen LogP contribution is 2.24. The molecule has 0 aliphatic heterocycles. The van der Waals surface area contributed by atoms with Crippen LogP contribution in [0.3, 0.4) is 0 Å². The maximum atomic E-state index is 12.5. The van der Waals surface area contributed by atoms with Gasteiger partial charge in [0.1, 0.15) is 22.3 Å². The van der Waals surface area contributed by atoms with Gasteiger partial charge in [0.25, 0.3) is 5.91 Å². The van der Waals surface area contributed by atoms with Gasteiger partial charge in [-0.1, -0.05) is 35.6 Å². The number of carbonyl (C=O) groups is 1. The molecule has 1 aromatic carbocycles. The summed E-state index contributed by atoms with van der Waals surface area (Å²) in [7, 11) is 0. The molecule has 4 N–H and O–H groups in total. The Bertz CT molecular complexity index is 1140. The SMILES string of the molecule is Cc1ccccc1NC(=O)c1cnc(Nc2cccc(NCCCc3ncc[nH]3)n2)s1. The number of aromatic amines is 1. The standard InChI is InChI=1S/C22H23N7OS/c1-15-6-2-3-7-16(15)27-21(30)17-14-26-22(31-17)29-20-9-4-8-19(28-20)23-11-5-10-18-24-12-13-25-18/h2-4,6-9,12-14H,5,10-11H2,1H3,(H,24,25)(H,27,30)(H2,23,26,28,29). The van der Waals surface area contributed by atoms with Crippen molar-refractivity contribution in [3.05, 3.63) is 77.3 Å². The van der Waals surface area contributed by atoms with Crippen LogP contribution in [0.25, 0.3) is 0 Å². The van der Waals surface area contributed by atoms with Crippen LogP contribution in [0.1, 0.15) is 27.5 Å². The van der Waals surface area contributed by atoms with Crippen LogP contribution < -0.4 is 16.0 Å². The third kappa shape index (κ3) is 5.67. The summed E-state index contributed by atoms with van der Waals surface area (Å²) in [6.07, 6.45) is 6.98. The highest BCUT2D eigenvalue weighted by Gasteiger charge is 2.12. The zero-order valence-electron chi connectivity index (χ0n) is 17.1. The number of amides is 1. The zero-order valence-corrected chi connectivity index (χ0v) is 17.9. The van der Waals surface area contributed by atoms with E-state index in [4.69, 9.17) is 0 Å². The van der Waals surface area contributed by atoms with Gasteiger partial charge in [0.05, 0.1) is 6.20 Å². The molecule has 158 valence electrons. The number of anilines is 4. The van der Waals surface area contributed by atoms with Crippen LogP contribution in [0, 0.1) is 6.92 Å². The van der Waals surface area contributed by atoms with Crippen LogP contribution in [-0.4, -0.2) is 32.4 Å². The summed E-state index contributed by atoms with van der Waals surface area (Å²) < 4.78 is 0. The minimum atomic E-state index is -0.181. The number of para-hydroxylation sites is 1. The van der Waals surface area contributed by atoms with Crippen molar-refractivity contribution >= 4 is 39.7 Å². The van der Waals surface area contributed by atoms with Crippen molar-refractivity contribution in [2.45, 2.75) is 19.8 Å². The van der Waals surface area contributed by atoms with Crippen molar-refractivity contribution in [1.29, 1.82) is 0 Å². The zero-order chi connectivity index (χ0) is 21.5. The molecule has 3 aromatic heterocycles. The Kier molecular flexibility index (Phi) is 6.53. The lowest BCUT2D eigenvalue weighted by atomic mass is 10.2. The van der Waals surface area contributed by atoms with E-state index in [1.807, 2.05) is 55.6 Å². The number of hydrogen-bond donors (Lipinski definition) is 4. The summed E-state index contributed by atoms with van der Waals surface area (Å²) in [6, 6.07) is 13.4. The number of aryl methyl sites for hydroxylation is 2. The number of carbonyl (C=O) groups excluding carboxylic acids is 1. The molecule has 0 saturated heterocycles. The summed E-state index contributed by atoms with van der Waals surface area (Å²) in [6.45, 7) is 2.75. The van der Waals surface area contributed by atoms with Gasteiger partial charge in [0.15, 0.2) is 5.13 Å². The molecule has 0 unspecified atom stereocenters. The fraction of sp³-hybridized carbons (Fsp3) is 0.182. The second-order valence-electron chi connectivity index (χ2n) is 6.90. The van der Waals surface area contributed by atoms with Crippen LogP contribution in [0.2, 0.25) is 0 Å². The number of pyridine rings is 1. The van der Waals surface area contributed by atoms with E-state index in [9.17, 15) is 4.79 Å². The van der Waals surface area contributed by atoms with Crippen molar-refractivity contribution < 1.29 is 4.79 Å². The molecule has 9 heteroatoms. The molecule has 4 rings (SSSR count). The van der Waals surface area contributed by atoms with E-state index in [0.29, 0.717) is 15.8 Å². The van der Waals surface area contributed by atoms with E-state index in [-0.39, 0.29) is 5.91 Å². The van der Waals surface area contributed by atoms with Crippen molar-refractivity contribution in [1.82, 2.24) is 19.9 Å². The van der Waals surface area contributed by atoms with Crippen molar-refractivity contribution in [3.8, 4) is 0 Å². The van der Waals surface area contributed by atoms with Gasteiger partial charge in [-0.2, -0.15) is 0 Å². The molecule has 31 heavy (non-hydrogen) atoms. The predicted molar refractivity (Wildman–Crippen MR) is 124 cm³/mol. The highest BCUT2D eigenvalue weighted by molar-refractivity contribution is 7.17. The third-order valence-electron chi connectivity index (χ3n) is 4.56. The van der Waals surface area contributed by atoms with Gasteiger partial charge in [0.2, 0.25) is 0 Å². The number of benzene rings is 1. The van der Waals surface area contributed by atoms with E-state index < -0.39 is 0 Å². The lowest BCUT2D eigenvalue weighted by molar-refractivity contribution is 0.103. The summed E-state index contributed by atoms with van der Waals surface area (Å²) >= 11 is 1.28. The Morgan fingerprint density at radius 1 is 1.10 bits per heavy atom. The second-order valence-corrected chi connectivity index (χ2v) is 7.93. The first-order valence-corrected chi connectivity index (χ1v) is 10.8. The molecule has 3 heterocycles. The van der Waals surface area contributed by atoms with Crippen LogP contribution in [0.5, 0.6) is 0 Å². The third-order valence-corrected chi connectivity index (χ3v) is 5.47. The van der Waals surface area contributed by atoms with Gasteiger partial charge in [-0.15, -0.1) is 0 Å². The molecule has 1 amide bonds. The number of imidazole rings is 1. The van der Waals surface area contributed by atoms with Crippen LogP contribution in [0.4, 0.5) is 22.5 Å². The number of nitrogens with one attached hydrogen (secondary N) is 4. The van der Waals surface area contributed by atoms with Gasteiger partial charge in [0, 0.05) is 31.0 Å². The predicted octanol–water partition coefficient (Wildman–Crippen LogP) is 4.61. The summed E-state index contributed by atoms with van der Waals surface area (Å²) in [5, 5.41) is 10.0. The molecule has 0 bridgehead atoms. The Morgan fingerprint density at radius 3 is 2.81 bits per heavy atom. The van der Waals surface area contributed by atoms with Crippen LogP contribution in [-0.2, 0) is 6.42 Å². The smallest absolute Gasteiger partial charge is 0.267 e. The largest absolute Gasteiger partial charge is 0.370 e. The molecule has 8 nitrogen and oxygen atoms in total. The number of thiazole rings is 1. The molecule has 0 radical (unpaired) electrons. The Labute approximate surface area is 184 Å². The fourth-order valence-corrected chi connectivity index (χ4v) is 3.67. The quantitative estimate of drug-likeness (QED) is 0.287. The average Bonchev–Trinajstić information content (AvgIpc) is 3.45. The Hall–Kier alpha value is -3.72. The normalized spacial score (nSPS) is 10.6. The molecule has 0 fully saturated rings. The second kappa shape index (κ2) is 9.86. The minimum Gasteiger partial charge on any atom is -0.370 e. The van der Waals surface area contributed by atoms with Gasteiger partial charge in [-0.3, -0.25) is 4.79 Å². The summed E-state index contributed by atoms with van der Waals surface area (Å²) in [4.78, 5) is 29.2. The fourth-order valence-electron chi connectivity index (χ4n) is 2.95. The number of aromatic nitrogens is 4. The molecule has 0 aliphatic rings. The monoisotopic (exact) mass is 433 g/mol. The average molecular weight is 434 g/mol. The van der Waals surface area contributed by atoms with E-state index >= 15 is 0 Å². The van der Waals surface area contributed by atoms with E-state index in [2.05, 4.69) is 35.9 Å². The minimum absolute atomic E-state index is 0.181. The number of rotatable bonds is 9. The van der Waals surface area contributed by atoms with Gasteiger partial charge in [-0.05, 0) is 37.1 Å². The Balaban J connectivity index is 1.31. The maximum Gasteiger partial charge on any atom is 0.267 e. The lowest BCUT2D eigenvalue weighted by Gasteiger charge is -2.07. The summed E-state index contributed by atoms with van der Waals surface area (Å²) in [5.74, 6) is 2.24. The van der Waals surface area contributed by atoms with Crippen molar-refractivity contribution in [3.63, 3.8) is 0 Å². The van der Waals surface area contributed by atoms with Crippen molar-refractivity contribution in [2.75, 3.05) is 22.5 Å². The number of H-pyrrole nitrogens is 1. The van der Waals surface area contributed by atoms with Gasteiger partial charge < -0.3 is 20.9 Å². The molecule has 0 spiro atoms. The molecular weight excluding hydrogens is 410 g/mol. The first kappa shape index (κ1) is 20.5. The van der Waals surface area contributed by atoms with Gasteiger partial charge >= 0.3 is 0 Å². The lowest BCUT2D eigenvalue weighted by Crippen LogP contribution is -2.10. The number of nitrogens with zero attached hydrogens (tertiary/aromatic N) is 3. The first-order chi connectivity index (χ1) is 15.2. The molecule has 4 aromatic rings. The molecule has 0 atom stereocenters. The van der Waals surface area contributed by atoms with E-state index in [0.717, 1.165) is 42.3 Å². The van der Waals surface area contributed by atoms with Crippen molar-refractivity contribution in [2.24, 2.45) is 0 Å². The van der Waals surface area contributed by atoms with Crippen LogP contribution in [0.15, 0.2) is 61.1 Å².